The summed E-state index contributed by atoms with van der Waals surface area (Å²) in [5, 5.41) is 8.81. The summed E-state index contributed by atoms with van der Waals surface area (Å²) in [5.41, 5.74) is 1.69. The molecule has 2 aromatic carbocycles. The number of hydrogen-bond acceptors (Lipinski definition) is 5. The highest BCUT2D eigenvalue weighted by Gasteiger charge is 2.18. The predicted molar refractivity (Wildman–Crippen MR) is 101 cm³/mol. The number of hydrogen-bond donors (Lipinski definition) is 0. The van der Waals surface area contributed by atoms with E-state index in [2.05, 4.69) is 0 Å². The fraction of sp³-hybridized carbons (Fsp3) is 0.136. The SMILES string of the molecule is N#Cc1ccc(C(=O)OCC(=O)N(Cc2ccccc2)Cc2ccco2)cc1. The van der Waals surface area contributed by atoms with Crippen LogP contribution in [0.5, 0.6) is 0 Å². The summed E-state index contributed by atoms with van der Waals surface area (Å²) < 4.78 is 10.5. The number of rotatable bonds is 7. The van der Waals surface area contributed by atoms with Crippen molar-refractivity contribution in [3.63, 3.8) is 0 Å². The van der Waals surface area contributed by atoms with Crippen molar-refractivity contribution in [1.29, 1.82) is 5.26 Å². The third-order valence-electron chi connectivity index (χ3n) is 4.07. The summed E-state index contributed by atoms with van der Waals surface area (Å²) in [7, 11) is 0. The number of carbonyl (C=O) groups excluding carboxylic acids is 2. The molecule has 0 saturated carbocycles. The Kier molecular flexibility index (Phi) is 6.21. The maximum atomic E-state index is 12.7. The second kappa shape index (κ2) is 9.19. The Labute approximate surface area is 162 Å². The van der Waals surface area contributed by atoms with E-state index in [-0.39, 0.29) is 24.6 Å². The van der Waals surface area contributed by atoms with Crippen LogP contribution in [0, 0.1) is 11.3 Å². The second-order valence-electron chi connectivity index (χ2n) is 6.08. The van der Waals surface area contributed by atoms with Gasteiger partial charge >= 0.3 is 5.97 Å². The fourth-order valence-electron chi connectivity index (χ4n) is 2.61. The van der Waals surface area contributed by atoms with Crippen molar-refractivity contribution < 1.29 is 18.7 Å². The number of amides is 1. The number of nitriles is 1. The molecule has 0 N–H and O–H groups in total. The predicted octanol–water partition coefficient (Wildman–Crippen LogP) is 3.54. The van der Waals surface area contributed by atoms with Gasteiger partial charge in [-0.1, -0.05) is 30.3 Å². The number of carbonyl (C=O) groups is 2. The maximum absolute atomic E-state index is 12.7. The average Bonchev–Trinajstić information content (AvgIpc) is 3.25. The van der Waals surface area contributed by atoms with Crippen LogP contribution in [0.25, 0.3) is 0 Å². The Balaban J connectivity index is 1.64. The number of esters is 1. The molecule has 3 rings (SSSR count). The summed E-state index contributed by atoms with van der Waals surface area (Å²) in [6, 6.07) is 21.1. The number of furan rings is 1. The molecule has 0 bridgehead atoms. The van der Waals surface area contributed by atoms with Gasteiger partial charge < -0.3 is 14.1 Å². The molecule has 0 aliphatic heterocycles. The summed E-state index contributed by atoms with van der Waals surface area (Å²) in [4.78, 5) is 26.4. The molecule has 0 spiro atoms. The first kappa shape index (κ1) is 18.9. The number of ether oxygens (including phenoxy) is 1. The monoisotopic (exact) mass is 374 g/mol. The highest BCUT2D eigenvalue weighted by molar-refractivity contribution is 5.91. The third-order valence-corrected chi connectivity index (χ3v) is 4.07. The highest BCUT2D eigenvalue weighted by Crippen LogP contribution is 2.12. The fourth-order valence-corrected chi connectivity index (χ4v) is 2.61. The van der Waals surface area contributed by atoms with Crippen molar-refractivity contribution in [1.82, 2.24) is 4.90 Å². The van der Waals surface area contributed by atoms with Gasteiger partial charge in [0, 0.05) is 6.54 Å². The van der Waals surface area contributed by atoms with Gasteiger partial charge in [-0.3, -0.25) is 4.79 Å². The van der Waals surface area contributed by atoms with Crippen LogP contribution >= 0.6 is 0 Å². The first-order chi connectivity index (χ1) is 13.7. The Morgan fingerprint density at radius 1 is 0.964 bits per heavy atom. The van der Waals surface area contributed by atoms with E-state index < -0.39 is 5.97 Å². The van der Waals surface area contributed by atoms with Crippen molar-refractivity contribution in [2.75, 3.05) is 6.61 Å². The summed E-state index contributed by atoms with van der Waals surface area (Å²) in [6.45, 7) is 0.260. The lowest BCUT2D eigenvalue weighted by Gasteiger charge is -2.21. The van der Waals surface area contributed by atoms with E-state index in [1.807, 2.05) is 36.4 Å². The molecular formula is C22H18N2O4. The molecule has 6 nitrogen and oxygen atoms in total. The molecule has 0 fully saturated rings. The first-order valence-corrected chi connectivity index (χ1v) is 8.67. The molecule has 0 radical (unpaired) electrons. The van der Waals surface area contributed by atoms with Gasteiger partial charge in [-0.25, -0.2) is 4.79 Å². The lowest BCUT2D eigenvalue weighted by Crippen LogP contribution is -2.33. The van der Waals surface area contributed by atoms with Gasteiger partial charge in [0.15, 0.2) is 6.61 Å². The molecule has 1 aromatic heterocycles. The van der Waals surface area contributed by atoms with Crippen molar-refractivity contribution in [3.05, 3.63) is 95.4 Å². The Morgan fingerprint density at radius 2 is 1.71 bits per heavy atom. The van der Waals surface area contributed by atoms with Crippen LogP contribution in [0.15, 0.2) is 77.4 Å². The third kappa shape index (κ3) is 5.08. The molecule has 3 aromatic rings. The lowest BCUT2D eigenvalue weighted by molar-refractivity contribution is -0.136. The largest absolute Gasteiger partial charge is 0.467 e. The van der Waals surface area contributed by atoms with Crippen LogP contribution in [-0.2, 0) is 22.6 Å². The van der Waals surface area contributed by atoms with Crippen molar-refractivity contribution in [3.8, 4) is 6.07 Å². The van der Waals surface area contributed by atoms with Gasteiger partial charge in [-0.05, 0) is 42.0 Å². The quantitative estimate of drug-likeness (QED) is 0.591. The van der Waals surface area contributed by atoms with Gasteiger partial charge in [-0.15, -0.1) is 0 Å². The minimum atomic E-state index is -0.615. The Bertz CT molecular complexity index is 958. The second-order valence-corrected chi connectivity index (χ2v) is 6.08. The van der Waals surface area contributed by atoms with Gasteiger partial charge in [0.1, 0.15) is 5.76 Å². The van der Waals surface area contributed by atoms with Crippen LogP contribution in [0.4, 0.5) is 0 Å². The average molecular weight is 374 g/mol. The Hall–Kier alpha value is -3.85. The smallest absolute Gasteiger partial charge is 0.338 e. The molecule has 140 valence electrons. The van der Waals surface area contributed by atoms with E-state index in [1.165, 1.54) is 24.3 Å². The zero-order chi connectivity index (χ0) is 19.8. The summed E-state index contributed by atoms with van der Waals surface area (Å²) in [5.74, 6) is -0.305. The molecule has 1 heterocycles. The van der Waals surface area contributed by atoms with E-state index in [1.54, 1.807) is 23.3 Å². The van der Waals surface area contributed by atoms with E-state index in [0.717, 1.165) is 5.56 Å². The van der Waals surface area contributed by atoms with Crippen molar-refractivity contribution in [2.24, 2.45) is 0 Å². The summed E-state index contributed by atoms with van der Waals surface area (Å²) >= 11 is 0. The minimum Gasteiger partial charge on any atom is -0.467 e. The topological polar surface area (TPSA) is 83.5 Å². The van der Waals surface area contributed by atoms with Crippen LogP contribution in [-0.4, -0.2) is 23.4 Å². The zero-order valence-corrected chi connectivity index (χ0v) is 15.1. The van der Waals surface area contributed by atoms with Crippen LogP contribution in [0.1, 0.15) is 27.2 Å². The molecule has 0 saturated heterocycles. The lowest BCUT2D eigenvalue weighted by atomic mass is 10.1. The highest BCUT2D eigenvalue weighted by atomic mass is 16.5. The van der Waals surface area contributed by atoms with E-state index in [0.29, 0.717) is 17.9 Å². The number of benzene rings is 2. The number of nitrogens with zero attached hydrogens (tertiary/aromatic N) is 2. The first-order valence-electron chi connectivity index (χ1n) is 8.67. The molecule has 1 amide bonds. The summed E-state index contributed by atoms with van der Waals surface area (Å²) in [6.07, 6.45) is 1.55. The van der Waals surface area contributed by atoms with Crippen LogP contribution in [0.2, 0.25) is 0 Å². The molecular weight excluding hydrogens is 356 g/mol. The molecule has 6 heteroatoms. The van der Waals surface area contributed by atoms with E-state index >= 15 is 0 Å². The normalized spacial score (nSPS) is 10.1. The van der Waals surface area contributed by atoms with E-state index in [9.17, 15) is 9.59 Å². The van der Waals surface area contributed by atoms with Crippen LogP contribution in [0.3, 0.4) is 0 Å². The molecule has 0 atom stereocenters. The zero-order valence-electron chi connectivity index (χ0n) is 15.1. The molecule has 28 heavy (non-hydrogen) atoms. The minimum absolute atomic E-state index is 0.273. The Morgan fingerprint density at radius 3 is 2.36 bits per heavy atom. The standard InChI is InChI=1S/C22H18N2O4/c23-13-17-8-10-19(11-9-17)22(26)28-16-21(25)24(15-20-7-4-12-27-20)14-18-5-2-1-3-6-18/h1-12H,14-16H2. The molecule has 0 unspecified atom stereocenters. The van der Waals surface area contributed by atoms with Crippen molar-refractivity contribution >= 4 is 11.9 Å². The van der Waals surface area contributed by atoms with E-state index in [4.69, 9.17) is 14.4 Å². The molecule has 0 aliphatic rings. The van der Waals surface area contributed by atoms with Crippen molar-refractivity contribution in [2.45, 2.75) is 13.1 Å². The molecule has 0 aliphatic carbocycles. The van der Waals surface area contributed by atoms with Gasteiger partial charge in [-0.2, -0.15) is 5.26 Å². The van der Waals surface area contributed by atoms with Gasteiger partial charge in [0.2, 0.25) is 0 Å². The maximum Gasteiger partial charge on any atom is 0.338 e. The van der Waals surface area contributed by atoms with Crippen LogP contribution < -0.4 is 0 Å². The van der Waals surface area contributed by atoms with Gasteiger partial charge in [0.25, 0.3) is 5.91 Å². The van der Waals surface area contributed by atoms with Gasteiger partial charge in [0.05, 0.1) is 30.0 Å².